The lowest BCUT2D eigenvalue weighted by Gasteiger charge is -2.43. The minimum absolute atomic E-state index is 0.0175. The molecule has 5 rings (SSSR count). The van der Waals surface area contributed by atoms with Crippen LogP contribution in [0.3, 0.4) is 0 Å². The fourth-order valence-electron chi connectivity index (χ4n) is 6.91. The van der Waals surface area contributed by atoms with Crippen molar-refractivity contribution in [3.05, 3.63) is 95.1 Å². The maximum absolute atomic E-state index is 12.4. The van der Waals surface area contributed by atoms with E-state index in [1.54, 1.807) is 0 Å². The highest BCUT2D eigenvalue weighted by atomic mass is 16.7. The van der Waals surface area contributed by atoms with E-state index >= 15 is 0 Å². The summed E-state index contributed by atoms with van der Waals surface area (Å²) in [6.07, 6.45) is 8.92. The second kappa shape index (κ2) is 19.0. The maximum Gasteiger partial charge on any atom is 0.220 e. The van der Waals surface area contributed by atoms with Crippen molar-refractivity contribution in [3.8, 4) is 11.1 Å². The first-order valence-electron chi connectivity index (χ1n) is 18.3. The lowest BCUT2D eigenvalue weighted by Crippen LogP contribution is -2.45. The van der Waals surface area contributed by atoms with Gasteiger partial charge in [-0.1, -0.05) is 99.3 Å². The summed E-state index contributed by atoms with van der Waals surface area (Å²) in [6.45, 7) is 8.05. The Morgan fingerprint density at radius 1 is 0.796 bits per heavy atom. The van der Waals surface area contributed by atoms with Crippen molar-refractivity contribution in [2.24, 2.45) is 5.92 Å². The first kappa shape index (κ1) is 36.7. The van der Waals surface area contributed by atoms with Crippen molar-refractivity contribution in [3.63, 3.8) is 0 Å². The van der Waals surface area contributed by atoms with Gasteiger partial charge in [-0.05, 0) is 72.7 Å². The molecule has 2 saturated heterocycles. The highest BCUT2D eigenvalue weighted by Crippen LogP contribution is 2.42. The number of aliphatic hydroxyl groups is 1. The molecule has 0 aliphatic carbocycles. The molecule has 8 nitrogen and oxygen atoms in total. The van der Waals surface area contributed by atoms with Gasteiger partial charge >= 0.3 is 0 Å². The smallest absolute Gasteiger partial charge is 0.220 e. The van der Waals surface area contributed by atoms with Crippen molar-refractivity contribution in [1.82, 2.24) is 15.5 Å². The van der Waals surface area contributed by atoms with E-state index in [0.717, 1.165) is 72.3 Å². The number of likely N-dealkylation sites (tertiary alicyclic amines) is 1. The average Bonchev–Trinajstić information content (AvgIpc) is 3.11. The van der Waals surface area contributed by atoms with E-state index in [1.807, 2.05) is 24.3 Å². The van der Waals surface area contributed by atoms with Gasteiger partial charge in [-0.2, -0.15) is 0 Å². The predicted molar refractivity (Wildman–Crippen MR) is 193 cm³/mol. The Labute approximate surface area is 292 Å². The summed E-state index contributed by atoms with van der Waals surface area (Å²) in [7, 11) is 0. The van der Waals surface area contributed by atoms with Crippen LogP contribution < -0.4 is 10.6 Å². The lowest BCUT2D eigenvalue weighted by atomic mass is 9.89. The number of aliphatic hydroxyl groups excluding tert-OH is 1. The third-order valence-corrected chi connectivity index (χ3v) is 9.90. The number of hydrogen-bond acceptors (Lipinski definition) is 6. The summed E-state index contributed by atoms with van der Waals surface area (Å²) in [4.78, 5) is 26.0. The highest BCUT2D eigenvalue weighted by molar-refractivity contribution is 5.76. The molecule has 2 aliphatic rings. The summed E-state index contributed by atoms with van der Waals surface area (Å²) in [5.41, 5.74) is 6.23. The lowest BCUT2D eigenvalue weighted by molar-refractivity contribution is -0.276. The van der Waals surface area contributed by atoms with E-state index in [4.69, 9.17) is 9.47 Å². The third-order valence-electron chi connectivity index (χ3n) is 9.90. The standard InChI is InChI=1S/C41H55N3O5/c1-30-38(28-44-24-9-4-3-5-10-25-44)48-41(49-40(30)35-17-15-32(29-45)16-18-35)36-21-19-34(20-22-36)37-13-11-12-33(26-37)27-43-39(47)14-7-6-8-23-42-31(2)46/h11-13,15-22,26,30,38,40-41,45H,3-10,14,23-25,27-29H2,1-2H3,(H,42,46)(H,43,47). The molecule has 49 heavy (non-hydrogen) atoms. The van der Waals surface area contributed by atoms with E-state index in [9.17, 15) is 14.7 Å². The van der Waals surface area contributed by atoms with Crippen LogP contribution >= 0.6 is 0 Å². The normalized spacial score (nSPS) is 21.8. The van der Waals surface area contributed by atoms with Crippen LogP contribution in [-0.2, 0) is 32.2 Å². The summed E-state index contributed by atoms with van der Waals surface area (Å²) in [5.74, 6) is 0.193. The average molecular weight is 670 g/mol. The molecule has 0 saturated carbocycles. The minimum atomic E-state index is -0.487. The van der Waals surface area contributed by atoms with Crippen LogP contribution in [0.1, 0.15) is 106 Å². The molecular weight excluding hydrogens is 614 g/mol. The number of rotatable bonds is 14. The molecule has 2 aliphatic heterocycles. The molecule has 2 amide bonds. The number of hydrogen-bond donors (Lipinski definition) is 3. The second-order valence-corrected chi connectivity index (χ2v) is 13.8. The predicted octanol–water partition coefficient (Wildman–Crippen LogP) is 7.22. The van der Waals surface area contributed by atoms with Crippen LogP contribution in [0.2, 0.25) is 0 Å². The van der Waals surface area contributed by atoms with Gasteiger partial charge in [0.05, 0.1) is 18.8 Å². The van der Waals surface area contributed by atoms with Crippen LogP contribution in [0.4, 0.5) is 0 Å². The van der Waals surface area contributed by atoms with Crippen LogP contribution in [0, 0.1) is 5.92 Å². The van der Waals surface area contributed by atoms with Crippen molar-refractivity contribution < 1.29 is 24.2 Å². The zero-order valence-corrected chi connectivity index (χ0v) is 29.4. The molecule has 2 fully saturated rings. The monoisotopic (exact) mass is 669 g/mol. The van der Waals surface area contributed by atoms with E-state index in [1.165, 1.54) is 39.0 Å². The molecule has 4 unspecified atom stereocenters. The van der Waals surface area contributed by atoms with Gasteiger partial charge in [0.15, 0.2) is 6.29 Å². The summed E-state index contributed by atoms with van der Waals surface area (Å²) < 4.78 is 13.5. The third kappa shape index (κ3) is 11.2. The zero-order chi connectivity index (χ0) is 34.4. The summed E-state index contributed by atoms with van der Waals surface area (Å²) in [6, 6.07) is 24.9. The molecular formula is C41H55N3O5. The van der Waals surface area contributed by atoms with Crippen molar-refractivity contribution in [2.45, 2.75) is 103 Å². The zero-order valence-electron chi connectivity index (χ0n) is 29.4. The molecule has 264 valence electrons. The second-order valence-electron chi connectivity index (χ2n) is 13.8. The topological polar surface area (TPSA) is 100 Å². The van der Waals surface area contributed by atoms with Crippen molar-refractivity contribution in [1.29, 1.82) is 0 Å². The van der Waals surface area contributed by atoms with Gasteiger partial charge in [-0.3, -0.25) is 9.59 Å². The van der Waals surface area contributed by atoms with Gasteiger partial charge in [0, 0.05) is 44.5 Å². The number of unbranched alkanes of at least 4 members (excludes halogenated alkanes) is 2. The van der Waals surface area contributed by atoms with Crippen molar-refractivity contribution in [2.75, 3.05) is 26.2 Å². The Morgan fingerprint density at radius 3 is 2.22 bits per heavy atom. The van der Waals surface area contributed by atoms with Crippen molar-refractivity contribution >= 4 is 11.8 Å². The fourth-order valence-corrected chi connectivity index (χ4v) is 6.91. The maximum atomic E-state index is 12.4. The fraction of sp³-hybridized carbons (Fsp3) is 0.512. The van der Waals surface area contributed by atoms with Gasteiger partial charge < -0.3 is 30.1 Å². The molecule has 0 aromatic heterocycles. The summed E-state index contributed by atoms with van der Waals surface area (Å²) in [5, 5.41) is 15.4. The number of amides is 2. The van der Waals surface area contributed by atoms with Gasteiger partial charge in [0.2, 0.25) is 11.8 Å². The Balaban J connectivity index is 1.22. The largest absolute Gasteiger partial charge is 0.392 e. The number of benzene rings is 3. The molecule has 0 radical (unpaired) electrons. The number of carbonyl (C=O) groups is 2. The highest BCUT2D eigenvalue weighted by Gasteiger charge is 2.39. The first-order chi connectivity index (χ1) is 23.9. The number of ether oxygens (including phenoxy) is 2. The molecule has 0 bridgehead atoms. The molecule has 3 aromatic carbocycles. The van der Waals surface area contributed by atoms with E-state index < -0.39 is 6.29 Å². The van der Waals surface area contributed by atoms with Gasteiger partial charge in [-0.25, -0.2) is 0 Å². The van der Waals surface area contributed by atoms with Gasteiger partial charge in [0.25, 0.3) is 0 Å². The minimum Gasteiger partial charge on any atom is -0.392 e. The van der Waals surface area contributed by atoms with Gasteiger partial charge in [0.1, 0.15) is 0 Å². The summed E-state index contributed by atoms with van der Waals surface area (Å²) >= 11 is 0. The molecule has 2 heterocycles. The Morgan fingerprint density at radius 2 is 1.51 bits per heavy atom. The van der Waals surface area contributed by atoms with Crippen LogP contribution in [0.25, 0.3) is 11.1 Å². The Bertz CT molecular complexity index is 1450. The molecule has 4 atom stereocenters. The van der Waals surface area contributed by atoms with E-state index in [2.05, 4.69) is 71.0 Å². The van der Waals surface area contributed by atoms with E-state index in [0.29, 0.717) is 19.5 Å². The molecule has 3 aromatic rings. The number of nitrogens with zero attached hydrogens (tertiary/aromatic N) is 1. The van der Waals surface area contributed by atoms with Crippen LogP contribution in [0.5, 0.6) is 0 Å². The quantitative estimate of drug-likeness (QED) is 0.157. The number of nitrogens with one attached hydrogen (secondary N) is 2. The molecule has 0 spiro atoms. The van der Waals surface area contributed by atoms with Crippen LogP contribution in [0.15, 0.2) is 72.8 Å². The van der Waals surface area contributed by atoms with Gasteiger partial charge in [-0.15, -0.1) is 0 Å². The van der Waals surface area contributed by atoms with Crippen LogP contribution in [-0.4, -0.2) is 54.1 Å². The Hall–Kier alpha value is -3.56. The SMILES string of the molecule is CC(=O)NCCCCCC(=O)NCc1cccc(-c2ccc(C3OC(CN4CCCCCCC4)C(C)C(c4ccc(CO)cc4)O3)cc2)c1. The number of carbonyl (C=O) groups excluding carboxylic acids is 2. The molecule has 3 N–H and O–H groups in total. The molecule has 8 heteroatoms. The Kier molecular flexibility index (Phi) is 14.2. The first-order valence-corrected chi connectivity index (χ1v) is 18.3. The van der Waals surface area contributed by atoms with E-state index in [-0.39, 0.29) is 36.5 Å².